The summed E-state index contributed by atoms with van der Waals surface area (Å²) in [5, 5.41) is 12.2. The van der Waals surface area contributed by atoms with Gasteiger partial charge in [-0.25, -0.2) is 0 Å². The van der Waals surface area contributed by atoms with Gasteiger partial charge in [0.05, 0.1) is 24.2 Å². The van der Waals surface area contributed by atoms with Gasteiger partial charge in [-0.2, -0.15) is 15.2 Å². The first kappa shape index (κ1) is 27.8. The molecule has 2 aromatic carbocycles. The lowest BCUT2D eigenvalue weighted by molar-refractivity contribution is -0.128. The molecule has 4 aliphatic rings. The van der Waals surface area contributed by atoms with Gasteiger partial charge in [0.25, 0.3) is 0 Å². The van der Waals surface area contributed by atoms with Crippen molar-refractivity contribution < 1.29 is 9.53 Å². The highest BCUT2D eigenvalue weighted by molar-refractivity contribution is 5.89. The Morgan fingerprint density at radius 3 is 2.72 bits per heavy atom. The van der Waals surface area contributed by atoms with E-state index in [1.165, 1.54) is 33.9 Å². The van der Waals surface area contributed by atoms with Crippen LogP contribution >= 0.6 is 0 Å². The van der Waals surface area contributed by atoms with Gasteiger partial charge in [-0.1, -0.05) is 48.0 Å². The van der Waals surface area contributed by atoms with Crippen LogP contribution in [-0.2, 0) is 17.6 Å². The summed E-state index contributed by atoms with van der Waals surface area (Å²) in [6.07, 6.45) is 9.18. The molecule has 1 saturated carbocycles. The first-order valence-electron chi connectivity index (χ1n) is 15.9. The average Bonchev–Trinajstić information content (AvgIpc) is 3.76. The third kappa shape index (κ3) is 5.83. The van der Waals surface area contributed by atoms with Crippen LogP contribution < -0.4 is 9.64 Å². The number of benzene rings is 2. The molecule has 8 nitrogen and oxygen atoms in total. The monoisotopic (exact) mass is 576 g/mol. The molecule has 3 unspecified atom stereocenters. The van der Waals surface area contributed by atoms with Gasteiger partial charge >= 0.3 is 6.01 Å². The zero-order valence-electron chi connectivity index (χ0n) is 25.0. The van der Waals surface area contributed by atoms with Gasteiger partial charge in [0, 0.05) is 37.3 Å². The average molecular weight is 577 g/mol. The Kier molecular flexibility index (Phi) is 7.75. The van der Waals surface area contributed by atoms with Gasteiger partial charge in [0.1, 0.15) is 12.4 Å². The second-order valence-corrected chi connectivity index (χ2v) is 12.6. The number of nitriles is 1. The standard InChI is InChI=1S/C35H40N6O2/c1-39-17-5-8-28(39)23-43-35-37-32-21-26(30-10-4-7-25-6-2-3-9-29(25)30)13-14-31(32)34(38-35)40-18-19-41(27(22-40)15-16-36)33(42)20-24-11-12-24/h2-4,6-7,9-10,20,26-28H,5,8,11-15,17-19,21-23H2,1H3. The molecule has 0 bridgehead atoms. The minimum Gasteiger partial charge on any atom is -0.462 e. The van der Waals surface area contributed by atoms with E-state index in [1.54, 1.807) is 6.08 Å². The van der Waals surface area contributed by atoms with E-state index in [2.05, 4.69) is 65.4 Å². The van der Waals surface area contributed by atoms with Gasteiger partial charge in [0.15, 0.2) is 0 Å². The van der Waals surface area contributed by atoms with E-state index in [-0.39, 0.29) is 11.9 Å². The number of ether oxygens (including phenoxy) is 1. The Balaban J connectivity index is 1.19. The fourth-order valence-corrected chi connectivity index (χ4v) is 7.22. The number of hydrogen-bond acceptors (Lipinski definition) is 7. The molecule has 3 fully saturated rings. The third-order valence-electron chi connectivity index (χ3n) is 9.83. The molecule has 222 valence electrons. The second kappa shape index (κ2) is 12.0. The molecule has 2 saturated heterocycles. The molecule has 7 rings (SSSR count). The number of carbonyl (C=O) groups is 1. The van der Waals surface area contributed by atoms with Crippen molar-refractivity contribution >= 4 is 22.5 Å². The smallest absolute Gasteiger partial charge is 0.318 e. The van der Waals surface area contributed by atoms with Gasteiger partial charge < -0.3 is 19.4 Å². The molecular formula is C35H40N6O2. The van der Waals surface area contributed by atoms with Crippen LogP contribution in [-0.4, -0.2) is 77.6 Å². The van der Waals surface area contributed by atoms with Crippen LogP contribution in [0, 0.1) is 11.3 Å². The van der Waals surface area contributed by atoms with Crippen LogP contribution in [0.1, 0.15) is 61.3 Å². The molecule has 3 aromatic rings. The number of carbonyl (C=O) groups excluding carboxylic acids is 1. The van der Waals surface area contributed by atoms with Crippen molar-refractivity contribution in [2.75, 3.05) is 44.7 Å². The summed E-state index contributed by atoms with van der Waals surface area (Å²) in [4.78, 5) is 29.7. The predicted octanol–water partition coefficient (Wildman–Crippen LogP) is 5.03. The Morgan fingerprint density at radius 1 is 1.05 bits per heavy atom. The zero-order chi connectivity index (χ0) is 29.3. The number of likely N-dealkylation sites (tertiary alicyclic amines) is 1. The van der Waals surface area contributed by atoms with E-state index < -0.39 is 0 Å². The van der Waals surface area contributed by atoms with Crippen molar-refractivity contribution in [3.63, 3.8) is 0 Å². The SMILES string of the molecule is CN1CCCC1COc1nc2c(c(N3CCN(C(=O)C=C4CC4)C(CC#N)C3)n1)CCC(c1cccc3ccccc13)C2. The molecular weight excluding hydrogens is 536 g/mol. The number of fused-ring (bicyclic) bond motifs is 2. The maximum atomic E-state index is 13.0. The van der Waals surface area contributed by atoms with E-state index in [0.717, 1.165) is 56.6 Å². The molecule has 3 atom stereocenters. The Labute approximate surface area is 254 Å². The molecule has 0 spiro atoms. The van der Waals surface area contributed by atoms with Gasteiger partial charge in [0.2, 0.25) is 5.91 Å². The van der Waals surface area contributed by atoms with Crippen LogP contribution in [0.25, 0.3) is 10.8 Å². The number of hydrogen-bond donors (Lipinski definition) is 0. The number of amides is 1. The first-order chi connectivity index (χ1) is 21.1. The summed E-state index contributed by atoms with van der Waals surface area (Å²) in [6, 6.07) is 18.2. The summed E-state index contributed by atoms with van der Waals surface area (Å²) < 4.78 is 6.34. The van der Waals surface area contributed by atoms with Crippen LogP contribution in [0.4, 0.5) is 5.82 Å². The van der Waals surface area contributed by atoms with Crippen LogP contribution in [0.15, 0.2) is 54.1 Å². The maximum absolute atomic E-state index is 13.0. The summed E-state index contributed by atoms with van der Waals surface area (Å²) in [6.45, 7) is 3.52. The number of nitrogens with zero attached hydrogens (tertiary/aromatic N) is 6. The van der Waals surface area contributed by atoms with Gasteiger partial charge in [-0.05, 0) is 80.8 Å². The zero-order valence-corrected chi connectivity index (χ0v) is 25.0. The normalized spacial score (nSPS) is 23.6. The summed E-state index contributed by atoms with van der Waals surface area (Å²) in [5.74, 6) is 1.33. The molecule has 43 heavy (non-hydrogen) atoms. The quantitative estimate of drug-likeness (QED) is 0.365. The van der Waals surface area contributed by atoms with Crippen molar-refractivity contribution in [1.29, 1.82) is 5.26 Å². The van der Waals surface area contributed by atoms with Gasteiger partial charge in [-0.3, -0.25) is 4.79 Å². The molecule has 1 amide bonds. The lowest BCUT2D eigenvalue weighted by atomic mass is 9.80. The van der Waals surface area contributed by atoms with Crippen molar-refractivity contribution in [2.45, 2.75) is 69.4 Å². The van der Waals surface area contributed by atoms with E-state index in [0.29, 0.717) is 50.6 Å². The van der Waals surface area contributed by atoms with Crippen molar-refractivity contribution in [3.05, 3.63) is 70.9 Å². The summed E-state index contributed by atoms with van der Waals surface area (Å²) >= 11 is 0. The van der Waals surface area contributed by atoms with Crippen LogP contribution in [0.3, 0.4) is 0 Å². The predicted molar refractivity (Wildman–Crippen MR) is 167 cm³/mol. The first-order valence-corrected chi connectivity index (χ1v) is 15.9. The van der Waals surface area contributed by atoms with Crippen molar-refractivity contribution in [1.82, 2.24) is 19.8 Å². The Hall–Kier alpha value is -3.96. The lowest BCUT2D eigenvalue weighted by Gasteiger charge is -2.42. The fraction of sp³-hybridized carbons (Fsp3) is 0.486. The number of piperazine rings is 1. The maximum Gasteiger partial charge on any atom is 0.318 e. The highest BCUT2D eigenvalue weighted by atomic mass is 16.5. The van der Waals surface area contributed by atoms with Gasteiger partial charge in [-0.15, -0.1) is 0 Å². The molecule has 3 heterocycles. The number of anilines is 1. The van der Waals surface area contributed by atoms with E-state index in [4.69, 9.17) is 14.7 Å². The van der Waals surface area contributed by atoms with Crippen LogP contribution in [0.5, 0.6) is 6.01 Å². The number of likely N-dealkylation sites (N-methyl/N-ethyl adjacent to an activating group) is 1. The van der Waals surface area contributed by atoms with E-state index in [9.17, 15) is 10.1 Å². The van der Waals surface area contributed by atoms with Crippen molar-refractivity contribution in [3.8, 4) is 12.1 Å². The molecule has 2 aliphatic heterocycles. The highest BCUT2D eigenvalue weighted by Crippen LogP contribution is 2.39. The number of allylic oxidation sites excluding steroid dienone is 1. The minimum absolute atomic E-state index is 0.0414. The molecule has 1 aromatic heterocycles. The number of rotatable bonds is 7. The number of aromatic nitrogens is 2. The Bertz CT molecular complexity index is 1580. The minimum atomic E-state index is -0.170. The molecule has 8 heteroatoms. The topological polar surface area (TPSA) is 85.6 Å². The van der Waals surface area contributed by atoms with Crippen LogP contribution in [0.2, 0.25) is 0 Å². The third-order valence-corrected chi connectivity index (χ3v) is 9.83. The Morgan fingerprint density at radius 2 is 1.91 bits per heavy atom. The summed E-state index contributed by atoms with van der Waals surface area (Å²) in [7, 11) is 2.16. The highest BCUT2D eigenvalue weighted by Gasteiger charge is 2.34. The fourth-order valence-electron chi connectivity index (χ4n) is 7.22. The second-order valence-electron chi connectivity index (χ2n) is 12.6. The largest absolute Gasteiger partial charge is 0.462 e. The lowest BCUT2D eigenvalue weighted by Crippen LogP contribution is -2.55. The van der Waals surface area contributed by atoms with E-state index in [1.807, 2.05) is 4.90 Å². The molecule has 0 radical (unpaired) electrons. The molecule has 0 N–H and O–H groups in total. The van der Waals surface area contributed by atoms with Crippen molar-refractivity contribution in [2.24, 2.45) is 0 Å². The van der Waals surface area contributed by atoms with E-state index >= 15 is 0 Å². The summed E-state index contributed by atoms with van der Waals surface area (Å²) in [5.41, 5.74) is 4.85. The molecule has 2 aliphatic carbocycles.